The minimum atomic E-state index is -0.0371. The summed E-state index contributed by atoms with van der Waals surface area (Å²) in [5.74, 6) is -0.0371. The molecule has 0 N–H and O–H groups in total. The Labute approximate surface area is 147 Å². The molecule has 3 aromatic rings. The zero-order chi connectivity index (χ0) is 17.6. The van der Waals surface area contributed by atoms with Crippen LogP contribution in [-0.4, -0.2) is 30.6 Å². The van der Waals surface area contributed by atoms with Crippen LogP contribution in [0.1, 0.15) is 34.1 Å². The van der Waals surface area contributed by atoms with Gasteiger partial charge >= 0.3 is 0 Å². The summed E-state index contributed by atoms with van der Waals surface area (Å²) in [5.41, 5.74) is 3.49. The number of carbonyl (C=O) groups is 1. The van der Waals surface area contributed by atoms with Crippen LogP contribution in [0, 0.1) is 6.92 Å². The molecule has 6 heteroatoms. The number of rotatable bonds is 6. The van der Waals surface area contributed by atoms with E-state index in [-0.39, 0.29) is 5.91 Å². The first-order valence-corrected chi connectivity index (χ1v) is 8.28. The molecule has 0 saturated heterocycles. The number of aryl methyl sites for hydroxylation is 1. The van der Waals surface area contributed by atoms with Crippen molar-refractivity contribution in [3.05, 3.63) is 77.6 Å². The summed E-state index contributed by atoms with van der Waals surface area (Å²) in [6.45, 7) is 5.65. The second-order valence-electron chi connectivity index (χ2n) is 5.84. The largest absolute Gasteiger partial charge is 0.330 e. The van der Waals surface area contributed by atoms with Crippen LogP contribution in [0.25, 0.3) is 0 Å². The third-order valence-corrected chi connectivity index (χ3v) is 4.11. The van der Waals surface area contributed by atoms with Crippen LogP contribution in [0.4, 0.5) is 0 Å². The molecule has 1 amide bonds. The summed E-state index contributed by atoms with van der Waals surface area (Å²) in [7, 11) is 0. The molecule has 0 atom stereocenters. The Balaban J connectivity index is 1.89. The van der Waals surface area contributed by atoms with Gasteiger partial charge in [-0.25, -0.2) is 0 Å². The van der Waals surface area contributed by atoms with Crippen LogP contribution in [-0.2, 0) is 19.6 Å². The first-order valence-electron chi connectivity index (χ1n) is 8.28. The molecule has 3 heterocycles. The maximum Gasteiger partial charge on any atom is 0.257 e. The van der Waals surface area contributed by atoms with Gasteiger partial charge in [-0.15, -0.1) is 0 Å². The van der Waals surface area contributed by atoms with E-state index >= 15 is 0 Å². The van der Waals surface area contributed by atoms with Crippen LogP contribution < -0.4 is 0 Å². The van der Waals surface area contributed by atoms with E-state index < -0.39 is 0 Å². The predicted molar refractivity (Wildman–Crippen MR) is 94.7 cm³/mol. The fourth-order valence-electron chi connectivity index (χ4n) is 2.77. The molecule has 0 aromatic carbocycles. The lowest BCUT2D eigenvalue weighted by Gasteiger charge is -2.22. The maximum absolute atomic E-state index is 13.1. The number of hydrogen-bond acceptors (Lipinski definition) is 4. The first-order chi connectivity index (χ1) is 12.2. The highest BCUT2D eigenvalue weighted by molar-refractivity contribution is 5.95. The van der Waals surface area contributed by atoms with Crippen molar-refractivity contribution in [1.29, 1.82) is 0 Å². The molecule has 128 valence electrons. The van der Waals surface area contributed by atoms with E-state index in [2.05, 4.69) is 15.1 Å². The average Bonchev–Trinajstić information content (AvgIpc) is 3.03. The lowest BCUT2D eigenvalue weighted by molar-refractivity contribution is 0.0729. The average molecular weight is 335 g/mol. The van der Waals surface area contributed by atoms with Crippen LogP contribution >= 0.6 is 0 Å². The molecular formula is C19H21N5O. The molecule has 3 aromatic heterocycles. The second kappa shape index (κ2) is 7.70. The number of carbonyl (C=O) groups excluding carboxylic acids is 1. The van der Waals surface area contributed by atoms with Crippen molar-refractivity contribution in [3.63, 3.8) is 0 Å². The summed E-state index contributed by atoms with van der Waals surface area (Å²) >= 11 is 0. The number of nitrogens with zero attached hydrogens (tertiary/aromatic N) is 5. The highest BCUT2D eigenvalue weighted by Crippen LogP contribution is 2.16. The smallest absolute Gasteiger partial charge is 0.257 e. The Morgan fingerprint density at radius 2 is 1.64 bits per heavy atom. The van der Waals surface area contributed by atoms with E-state index in [0.717, 1.165) is 23.4 Å². The summed E-state index contributed by atoms with van der Waals surface area (Å²) < 4.78 is 1.83. The van der Waals surface area contributed by atoms with Crippen LogP contribution in [0.3, 0.4) is 0 Å². The van der Waals surface area contributed by atoms with Gasteiger partial charge in [0.1, 0.15) is 0 Å². The highest BCUT2D eigenvalue weighted by Gasteiger charge is 2.21. The number of aromatic nitrogens is 4. The summed E-state index contributed by atoms with van der Waals surface area (Å²) in [4.78, 5) is 23.2. The lowest BCUT2D eigenvalue weighted by Crippen LogP contribution is -2.30. The van der Waals surface area contributed by atoms with E-state index in [1.165, 1.54) is 0 Å². The standard InChI is InChI=1S/C19H21N5O/c1-3-24-15(2)18(12-22-24)19(25)23(13-16-6-4-8-20-10-16)14-17-7-5-9-21-11-17/h4-12H,3,13-14H2,1-2H3. The van der Waals surface area contributed by atoms with Crippen molar-refractivity contribution in [3.8, 4) is 0 Å². The second-order valence-corrected chi connectivity index (χ2v) is 5.84. The minimum absolute atomic E-state index is 0.0371. The molecule has 3 rings (SSSR count). The third-order valence-electron chi connectivity index (χ3n) is 4.11. The molecular weight excluding hydrogens is 314 g/mol. The molecule has 0 spiro atoms. The SMILES string of the molecule is CCn1ncc(C(=O)N(Cc2cccnc2)Cc2cccnc2)c1C. The Morgan fingerprint density at radius 1 is 1.04 bits per heavy atom. The molecule has 0 unspecified atom stereocenters. The zero-order valence-electron chi connectivity index (χ0n) is 14.5. The Hall–Kier alpha value is -3.02. The number of pyridine rings is 2. The lowest BCUT2D eigenvalue weighted by atomic mass is 10.1. The molecule has 6 nitrogen and oxygen atoms in total. The summed E-state index contributed by atoms with van der Waals surface area (Å²) in [6, 6.07) is 7.70. The van der Waals surface area contributed by atoms with Crippen molar-refractivity contribution in [2.75, 3.05) is 0 Å². The van der Waals surface area contributed by atoms with E-state index in [9.17, 15) is 4.79 Å². The Bertz CT molecular complexity index is 788. The van der Waals surface area contributed by atoms with Crippen molar-refractivity contribution in [2.24, 2.45) is 0 Å². The van der Waals surface area contributed by atoms with Gasteiger partial charge in [-0.2, -0.15) is 5.10 Å². The quantitative estimate of drug-likeness (QED) is 0.695. The van der Waals surface area contributed by atoms with Gasteiger partial charge in [0.05, 0.1) is 11.8 Å². The number of hydrogen-bond donors (Lipinski definition) is 0. The molecule has 25 heavy (non-hydrogen) atoms. The van der Waals surface area contributed by atoms with Gasteiger partial charge in [-0.1, -0.05) is 12.1 Å². The van der Waals surface area contributed by atoms with Gasteiger partial charge in [-0.3, -0.25) is 19.4 Å². The van der Waals surface area contributed by atoms with Gasteiger partial charge in [0.2, 0.25) is 0 Å². The van der Waals surface area contributed by atoms with Gasteiger partial charge in [0, 0.05) is 50.1 Å². The molecule has 0 saturated carbocycles. The monoisotopic (exact) mass is 335 g/mol. The van der Waals surface area contributed by atoms with Gasteiger partial charge in [0.15, 0.2) is 0 Å². The van der Waals surface area contributed by atoms with Crippen LogP contribution in [0.5, 0.6) is 0 Å². The van der Waals surface area contributed by atoms with Gasteiger partial charge in [-0.05, 0) is 37.1 Å². The molecule has 0 aliphatic heterocycles. The summed E-state index contributed by atoms with van der Waals surface area (Å²) in [6.07, 6.45) is 8.68. The van der Waals surface area contributed by atoms with Crippen molar-refractivity contribution in [1.82, 2.24) is 24.6 Å². The Morgan fingerprint density at radius 3 is 2.08 bits per heavy atom. The van der Waals surface area contributed by atoms with Crippen LogP contribution in [0.15, 0.2) is 55.2 Å². The molecule has 0 aliphatic rings. The highest BCUT2D eigenvalue weighted by atomic mass is 16.2. The van der Waals surface area contributed by atoms with Crippen molar-refractivity contribution in [2.45, 2.75) is 33.5 Å². The number of amides is 1. The predicted octanol–water partition coefficient (Wildman–Crippen LogP) is 2.84. The van der Waals surface area contributed by atoms with E-state index in [1.807, 2.05) is 42.8 Å². The molecule has 0 bridgehead atoms. The van der Waals surface area contributed by atoms with Crippen LogP contribution in [0.2, 0.25) is 0 Å². The van der Waals surface area contributed by atoms with E-state index in [4.69, 9.17) is 0 Å². The minimum Gasteiger partial charge on any atom is -0.330 e. The fraction of sp³-hybridized carbons (Fsp3) is 0.263. The molecule has 0 aliphatic carbocycles. The van der Waals surface area contributed by atoms with Crippen molar-refractivity contribution < 1.29 is 4.79 Å². The topological polar surface area (TPSA) is 63.9 Å². The fourth-order valence-corrected chi connectivity index (χ4v) is 2.77. The van der Waals surface area contributed by atoms with E-state index in [1.54, 1.807) is 35.9 Å². The first kappa shape index (κ1) is 16.8. The Kier molecular flexibility index (Phi) is 5.18. The zero-order valence-corrected chi connectivity index (χ0v) is 14.5. The maximum atomic E-state index is 13.1. The van der Waals surface area contributed by atoms with Gasteiger partial charge < -0.3 is 4.90 Å². The van der Waals surface area contributed by atoms with Gasteiger partial charge in [0.25, 0.3) is 5.91 Å². The van der Waals surface area contributed by atoms with Crippen molar-refractivity contribution >= 4 is 5.91 Å². The third kappa shape index (κ3) is 3.91. The molecule has 0 radical (unpaired) electrons. The summed E-state index contributed by atoms with van der Waals surface area (Å²) in [5, 5.41) is 4.30. The normalized spacial score (nSPS) is 10.6. The molecule has 0 fully saturated rings. The van der Waals surface area contributed by atoms with E-state index in [0.29, 0.717) is 18.7 Å².